The van der Waals surface area contributed by atoms with Crippen LogP contribution >= 0.6 is 15.9 Å². The number of carbonyl (C=O) groups excluding carboxylic acids is 1. The van der Waals surface area contributed by atoms with E-state index in [9.17, 15) is 18.0 Å². The zero-order valence-corrected chi connectivity index (χ0v) is 11.9. The monoisotopic (exact) mass is 343 g/mol. The van der Waals surface area contributed by atoms with Gasteiger partial charge in [-0.05, 0) is 52.7 Å². The number of rotatable bonds is 2. The van der Waals surface area contributed by atoms with Crippen molar-refractivity contribution in [2.24, 2.45) is 0 Å². The summed E-state index contributed by atoms with van der Waals surface area (Å²) < 4.78 is 39.9. The van der Waals surface area contributed by atoms with Crippen LogP contribution in [0.2, 0.25) is 0 Å². The molecule has 2 nitrogen and oxygen atoms in total. The molecule has 0 bridgehead atoms. The zero-order valence-electron chi connectivity index (χ0n) is 10.3. The van der Waals surface area contributed by atoms with Gasteiger partial charge in [0.1, 0.15) is 17.5 Å². The standard InChI is InChI=1S/C14H9BrF3NO/c1-7-4-10(15)12(18)6-13(7)19-14(20)9-3-2-8(16)5-11(9)17/h2-6H,1H3,(H,19,20). The molecule has 2 rings (SSSR count). The summed E-state index contributed by atoms with van der Waals surface area (Å²) in [7, 11) is 0. The van der Waals surface area contributed by atoms with Crippen molar-refractivity contribution < 1.29 is 18.0 Å². The van der Waals surface area contributed by atoms with E-state index in [0.717, 1.165) is 18.2 Å². The van der Waals surface area contributed by atoms with E-state index < -0.39 is 23.4 Å². The van der Waals surface area contributed by atoms with Crippen molar-refractivity contribution in [1.29, 1.82) is 0 Å². The number of hydrogen-bond acceptors (Lipinski definition) is 1. The van der Waals surface area contributed by atoms with Gasteiger partial charge < -0.3 is 5.32 Å². The van der Waals surface area contributed by atoms with Crippen LogP contribution in [0, 0.1) is 24.4 Å². The van der Waals surface area contributed by atoms with Crippen molar-refractivity contribution in [1.82, 2.24) is 0 Å². The smallest absolute Gasteiger partial charge is 0.258 e. The Bertz CT molecular complexity index is 688. The van der Waals surface area contributed by atoms with E-state index in [-0.39, 0.29) is 15.7 Å². The van der Waals surface area contributed by atoms with Gasteiger partial charge in [0.2, 0.25) is 0 Å². The molecule has 104 valence electrons. The molecule has 6 heteroatoms. The Labute approximate surface area is 121 Å². The fourth-order valence-electron chi connectivity index (χ4n) is 1.64. The summed E-state index contributed by atoms with van der Waals surface area (Å²) in [6, 6.07) is 5.24. The zero-order chi connectivity index (χ0) is 14.9. The minimum Gasteiger partial charge on any atom is -0.322 e. The van der Waals surface area contributed by atoms with E-state index in [2.05, 4.69) is 21.2 Å². The lowest BCUT2D eigenvalue weighted by Crippen LogP contribution is -2.15. The molecule has 20 heavy (non-hydrogen) atoms. The number of hydrogen-bond donors (Lipinski definition) is 1. The summed E-state index contributed by atoms with van der Waals surface area (Å²) in [6.45, 7) is 1.67. The molecule has 0 heterocycles. The molecule has 0 saturated carbocycles. The maximum atomic E-state index is 13.5. The molecule has 2 aromatic rings. The van der Waals surface area contributed by atoms with Gasteiger partial charge in [-0.3, -0.25) is 4.79 Å². The highest BCUT2D eigenvalue weighted by Gasteiger charge is 2.14. The summed E-state index contributed by atoms with van der Waals surface area (Å²) >= 11 is 3.02. The molecule has 0 fully saturated rings. The molecule has 0 saturated heterocycles. The Morgan fingerprint density at radius 3 is 2.45 bits per heavy atom. The molecule has 1 amide bonds. The van der Waals surface area contributed by atoms with Crippen LogP contribution in [0.5, 0.6) is 0 Å². The maximum absolute atomic E-state index is 13.5. The lowest BCUT2D eigenvalue weighted by Gasteiger charge is -2.10. The van der Waals surface area contributed by atoms with Gasteiger partial charge in [-0.25, -0.2) is 13.2 Å². The van der Waals surface area contributed by atoms with Crippen molar-refractivity contribution in [2.75, 3.05) is 5.32 Å². The molecule has 0 atom stereocenters. The predicted octanol–water partition coefficient (Wildman–Crippen LogP) is 4.43. The van der Waals surface area contributed by atoms with Crippen molar-refractivity contribution in [2.45, 2.75) is 6.92 Å². The van der Waals surface area contributed by atoms with E-state index in [1.165, 1.54) is 6.07 Å². The second-order valence-corrected chi connectivity index (χ2v) is 5.01. The first-order valence-electron chi connectivity index (χ1n) is 5.60. The van der Waals surface area contributed by atoms with Crippen LogP contribution in [-0.4, -0.2) is 5.91 Å². The van der Waals surface area contributed by atoms with Crippen LogP contribution in [0.15, 0.2) is 34.8 Å². The number of anilines is 1. The highest BCUT2D eigenvalue weighted by molar-refractivity contribution is 9.10. The first-order chi connectivity index (χ1) is 9.38. The predicted molar refractivity (Wildman–Crippen MR) is 73.1 cm³/mol. The van der Waals surface area contributed by atoms with Crippen LogP contribution in [0.3, 0.4) is 0 Å². The summed E-state index contributed by atoms with van der Waals surface area (Å²) in [5.74, 6) is -3.07. The molecule has 0 spiro atoms. The van der Waals surface area contributed by atoms with Crippen molar-refractivity contribution in [3.8, 4) is 0 Å². The van der Waals surface area contributed by atoms with Crippen LogP contribution < -0.4 is 5.32 Å². The second kappa shape index (κ2) is 5.66. The summed E-state index contributed by atoms with van der Waals surface area (Å²) in [4.78, 5) is 11.9. The fraction of sp³-hybridized carbons (Fsp3) is 0.0714. The molecule has 2 aromatic carbocycles. The van der Waals surface area contributed by atoms with Gasteiger partial charge in [-0.2, -0.15) is 0 Å². The second-order valence-electron chi connectivity index (χ2n) is 4.16. The Balaban J connectivity index is 2.30. The lowest BCUT2D eigenvalue weighted by atomic mass is 10.1. The normalized spacial score (nSPS) is 10.4. The Morgan fingerprint density at radius 1 is 1.10 bits per heavy atom. The first kappa shape index (κ1) is 14.6. The number of halogens is 4. The average Bonchev–Trinajstić information content (AvgIpc) is 2.35. The van der Waals surface area contributed by atoms with E-state index in [0.29, 0.717) is 11.6 Å². The SMILES string of the molecule is Cc1cc(Br)c(F)cc1NC(=O)c1ccc(F)cc1F. The third kappa shape index (κ3) is 3.01. The highest BCUT2D eigenvalue weighted by Crippen LogP contribution is 2.24. The summed E-state index contributed by atoms with van der Waals surface area (Å²) in [6.07, 6.45) is 0. The molecule has 0 unspecified atom stereocenters. The quantitative estimate of drug-likeness (QED) is 0.858. The number of aryl methyl sites for hydroxylation is 1. The van der Waals surface area contributed by atoms with Gasteiger partial charge in [0.05, 0.1) is 10.0 Å². The minimum absolute atomic E-state index is 0.222. The van der Waals surface area contributed by atoms with Crippen LogP contribution in [0.25, 0.3) is 0 Å². The largest absolute Gasteiger partial charge is 0.322 e. The van der Waals surface area contributed by atoms with Crippen molar-refractivity contribution >= 4 is 27.5 Å². The van der Waals surface area contributed by atoms with Gasteiger partial charge >= 0.3 is 0 Å². The molecule has 0 aliphatic rings. The summed E-state index contributed by atoms with van der Waals surface area (Å²) in [5, 5.41) is 2.39. The Kier molecular flexibility index (Phi) is 4.13. The lowest BCUT2D eigenvalue weighted by molar-refractivity contribution is 0.102. The van der Waals surface area contributed by atoms with Gasteiger partial charge in [0.15, 0.2) is 0 Å². The fourth-order valence-corrected chi connectivity index (χ4v) is 2.10. The number of benzene rings is 2. The van der Waals surface area contributed by atoms with Crippen molar-refractivity contribution in [3.63, 3.8) is 0 Å². The van der Waals surface area contributed by atoms with Crippen molar-refractivity contribution in [3.05, 3.63) is 63.4 Å². The van der Waals surface area contributed by atoms with Gasteiger partial charge in [0, 0.05) is 11.8 Å². The molecule has 0 aliphatic carbocycles. The highest BCUT2D eigenvalue weighted by atomic mass is 79.9. The van der Waals surface area contributed by atoms with E-state index in [1.54, 1.807) is 6.92 Å². The number of amides is 1. The van der Waals surface area contributed by atoms with E-state index in [1.807, 2.05) is 0 Å². The van der Waals surface area contributed by atoms with Gasteiger partial charge in [-0.1, -0.05) is 0 Å². The minimum atomic E-state index is -0.974. The third-order valence-electron chi connectivity index (χ3n) is 2.69. The number of carbonyl (C=O) groups is 1. The van der Waals surface area contributed by atoms with Crippen LogP contribution in [-0.2, 0) is 0 Å². The molecule has 0 radical (unpaired) electrons. The van der Waals surface area contributed by atoms with Crippen LogP contribution in [0.1, 0.15) is 15.9 Å². The van der Waals surface area contributed by atoms with E-state index >= 15 is 0 Å². The first-order valence-corrected chi connectivity index (χ1v) is 6.40. The van der Waals surface area contributed by atoms with Gasteiger partial charge in [-0.15, -0.1) is 0 Å². The van der Waals surface area contributed by atoms with Crippen LogP contribution in [0.4, 0.5) is 18.9 Å². The molecule has 0 aliphatic heterocycles. The van der Waals surface area contributed by atoms with Gasteiger partial charge in [0.25, 0.3) is 5.91 Å². The Morgan fingerprint density at radius 2 is 1.80 bits per heavy atom. The molecule has 1 N–H and O–H groups in total. The number of nitrogens with one attached hydrogen (secondary N) is 1. The third-order valence-corrected chi connectivity index (χ3v) is 3.30. The topological polar surface area (TPSA) is 29.1 Å². The molecular formula is C14H9BrF3NO. The maximum Gasteiger partial charge on any atom is 0.258 e. The molecular weight excluding hydrogens is 335 g/mol. The van der Waals surface area contributed by atoms with E-state index in [4.69, 9.17) is 0 Å². The Hall–Kier alpha value is -1.82. The molecule has 0 aromatic heterocycles. The summed E-state index contributed by atoms with van der Waals surface area (Å²) in [5.41, 5.74) is 0.516. The average molecular weight is 344 g/mol.